The normalized spacial score (nSPS) is 11.2. The Balaban J connectivity index is 2.94. The van der Waals surface area contributed by atoms with E-state index in [0.717, 1.165) is 11.3 Å². The summed E-state index contributed by atoms with van der Waals surface area (Å²) in [7, 11) is 0. The molecule has 1 aromatic heterocycles. The van der Waals surface area contributed by atoms with Gasteiger partial charge in [0, 0.05) is 6.20 Å². The molecule has 12 heavy (non-hydrogen) atoms. The summed E-state index contributed by atoms with van der Waals surface area (Å²) < 4.78 is 0. The van der Waals surface area contributed by atoms with Gasteiger partial charge in [0.15, 0.2) is 0 Å². The minimum absolute atomic E-state index is 0.106. The van der Waals surface area contributed by atoms with Crippen LogP contribution >= 0.6 is 0 Å². The molecule has 64 valence electrons. The fourth-order valence-electron chi connectivity index (χ4n) is 0.925. The second-order valence-corrected chi connectivity index (χ2v) is 3.94. The van der Waals surface area contributed by atoms with Gasteiger partial charge in [-0.3, -0.25) is 4.98 Å². The lowest BCUT2D eigenvalue weighted by Gasteiger charge is -2.20. The van der Waals surface area contributed by atoms with Crippen LogP contribution in [-0.4, -0.2) is 4.98 Å². The van der Waals surface area contributed by atoms with Crippen molar-refractivity contribution in [3.05, 3.63) is 36.7 Å². The molecule has 0 aliphatic heterocycles. The summed E-state index contributed by atoms with van der Waals surface area (Å²) in [5, 5.41) is 0. The first-order chi connectivity index (χ1) is 5.52. The van der Waals surface area contributed by atoms with Gasteiger partial charge in [0.05, 0.1) is 5.69 Å². The monoisotopic (exact) mass is 161 g/mol. The van der Waals surface area contributed by atoms with Gasteiger partial charge < -0.3 is 0 Å². The molecule has 0 amide bonds. The van der Waals surface area contributed by atoms with Crippen LogP contribution in [0.5, 0.6) is 0 Å². The third-order valence-electron chi connectivity index (χ3n) is 1.88. The molecular formula is C11H15N. The van der Waals surface area contributed by atoms with E-state index in [1.165, 1.54) is 0 Å². The van der Waals surface area contributed by atoms with Gasteiger partial charge in [-0.25, -0.2) is 0 Å². The van der Waals surface area contributed by atoms with Crippen LogP contribution in [0.4, 0.5) is 0 Å². The highest BCUT2D eigenvalue weighted by molar-refractivity contribution is 5.64. The summed E-state index contributed by atoms with van der Waals surface area (Å²) in [6.45, 7) is 10.5. The zero-order valence-corrected chi connectivity index (χ0v) is 7.96. The quantitative estimate of drug-likeness (QED) is 0.616. The molecule has 0 aliphatic carbocycles. The minimum Gasteiger partial charge on any atom is -0.257 e. The second kappa shape index (κ2) is 3.10. The molecule has 1 heteroatoms. The number of nitrogens with zero attached hydrogens (tertiary/aromatic N) is 1. The summed E-state index contributed by atoms with van der Waals surface area (Å²) in [6.07, 6.45) is 1.80. The number of allylic oxidation sites excluding steroid dienone is 1. The first-order valence-corrected chi connectivity index (χ1v) is 4.12. The standard InChI is InChI=1S/C11H15N/c1-9(11(2,3)4)10-7-5-6-8-12-10/h5-8H,1H2,2-4H3. The highest BCUT2D eigenvalue weighted by Crippen LogP contribution is 2.30. The lowest BCUT2D eigenvalue weighted by Crippen LogP contribution is -2.08. The molecule has 0 aromatic carbocycles. The highest BCUT2D eigenvalue weighted by atomic mass is 14.7. The number of hydrogen-bond acceptors (Lipinski definition) is 1. The van der Waals surface area contributed by atoms with Gasteiger partial charge in [-0.1, -0.05) is 33.4 Å². The topological polar surface area (TPSA) is 12.9 Å². The lowest BCUT2D eigenvalue weighted by molar-refractivity contribution is 0.566. The van der Waals surface area contributed by atoms with E-state index in [0.29, 0.717) is 0 Å². The lowest BCUT2D eigenvalue weighted by atomic mass is 9.85. The molecule has 0 unspecified atom stereocenters. The van der Waals surface area contributed by atoms with Crippen LogP contribution in [0.3, 0.4) is 0 Å². The number of pyridine rings is 1. The van der Waals surface area contributed by atoms with E-state index < -0.39 is 0 Å². The van der Waals surface area contributed by atoms with Crippen LogP contribution < -0.4 is 0 Å². The fraction of sp³-hybridized carbons (Fsp3) is 0.364. The van der Waals surface area contributed by atoms with Crippen molar-refractivity contribution >= 4 is 5.57 Å². The van der Waals surface area contributed by atoms with Gasteiger partial charge in [0.25, 0.3) is 0 Å². The Kier molecular flexibility index (Phi) is 2.32. The minimum atomic E-state index is 0.106. The van der Waals surface area contributed by atoms with Crippen LogP contribution in [0, 0.1) is 5.41 Å². The molecule has 0 atom stereocenters. The molecule has 1 heterocycles. The number of aromatic nitrogens is 1. The van der Waals surface area contributed by atoms with Crippen molar-refractivity contribution in [2.24, 2.45) is 5.41 Å². The fourth-order valence-corrected chi connectivity index (χ4v) is 0.925. The third kappa shape index (κ3) is 1.94. The van der Waals surface area contributed by atoms with Crippen LogP contribution in [0.25, 0.3) is 5.57 Å². The van der Waals surface area contributed by atoms with Crippen molar-refractivity contribution in [2.75, 3.05) is 0 Å². The molecule has 0 fully saturated rings. The van der Waals surface area contributed by atoms with Crippen molar-refractivity contribution in [2.45, 2.75) is 20.8 Å². The van der Waals surface area contributed by atoms with Crippen molar-refractivity contribution in [1.29, 1.82) is 0 Å². The van der Waals surface area contributed by atoms with Gasteiger partial charge in [0.2, 0.25) is 0 Å². The van der Waals surface area contributed by atoms with Crippen LogP contribution in [0.1, 0.15) is 26.5 Å². The molecule has 0 radical (unpaired) electrons. The Hall–Kier alpha value is -1.11. The summed E-state index contributed by atoms with van der Waals surface area (Å²) in [4.78, 5) is 4.25. The van der Waals surface area contributed by atoms with Gasteiger partial charge in [0.1, 0.15) is 0 Å². The molecule has 1 nitrogen and oxygen atoms in total. The zero-order chi connectivity index (χ0) is 9.19. The van der Waals surface area contributed by atoms with Crippen molar-refractivity contribution in [3.8, 4) is 0 Å². The van der Waals surface area contributed by atoms with Gasteiger partial charge in [-0.15, -0.1) is 0 Å². The zero-order valence-electron chi connectivity index (χ0n) is 7.96. The molecule has 0 saturated carbocycles. The van der Waals surface area contributed by atoms with Crippen molar-refractivity contribution in [3.63, 3.8) is 0 Å². The van der Waals surface area contributed by atoms with Crippen LogP contribution in [0.15, 0.2) is 31.0 Å². The van der Waals surface area contributed by atoms with Crippen molar-refractivity contribution < 1.29 is 0 Å². The second-order valence-electron chi connectivity index (χ2n) is 3.94. The maximum absolute atomic E-state index is 4.25. The number of rotatable bonds is 1. The first-order valence-electron chi connectivity index (χ1n) is 4.12. The largest absolute Gasteiger partial charge is 0.257 e. The summed E-state index contributed by atoms with van der Waals surface area (Å²) in [5.74, 6) is 0. The van der Waals surface area contributed by atoms with E-state index in [1.807, 2.05) is 18.2 Å². The molecule has 1 rings (SSSR count). The van der Waals surface area contributed by atoms with E-state index in [1.54, 1.807) is 6.20 Å². The Morgan fingerprint density at radius 1 is 1.33 bits per heavy atom. The van der Waals surface area contributed by atoms with E-state index in [4.69, 9.17) is 0 Å². The summed E-state index contributed by atoms with van der Waals surface area (Å²) >= 11 is 0. The van der Waals surface area contributed by atoms with E-state index >= 15 is 0 Å². The van der Waals surface area contributed by atoms with E-state index in [9.17, 15) is 0 Å². The maximum Gasteiger partial charge on any atom is 0.0661 e. The van der Waals surface area contributed by atoms with Gasteiger partial charge in [-0.05, 0) is 23.1 Å². The molecule has 0 N–H and O–H groups in total. The first kappa shape index (κ1) is 8.98. The molecule has 0 spiro atoms. The molecule has 0 bridgehead atoms. The third-order valence-corrected chi connectivity index (χ3v) is 1.88. The molecule has 0 aliphatic rings. The van der Waals surface area contributed by atoms with Gasteiger partial charge >= 0.3 is 0 Å². The predicted octanol–water partition coefficient (Wildman–Crippen LogP) is 3.14. The Morgan fingerprint density at radius 3 is 2.42 bits per heavy atom. The number of hydrogen-bond donors (Lipinski definition) is 0. The summed E-state index contributed by atoms with van der Waals surface area (Å²) in [5.41, 5.74) is 2.18. The molecule has 0 saturated heterocycles. The van der Waals surface area contributed by atoms with E-state index in [-0.39, 0.29) is 5.41 Å². The Morgan fingerprint density at radius 2 is 2.00 bits per heavy atom. The van der Waals surface area contributed by atoms with Crippen LogP contribution in [0.2, 0.25) is 0 Å². The smallest absolute Gasteiger partial charge is 0.0661 e. The Labute approximate surface area is 74.2 Å². The Bertz CT molecular complexity index is 267. The maximum atomic E-state index is 4.25. The van der Waals surface area contributed by atoms with E-state index in [2.05, 4.69) is 32.3 Å². The van der Waals surface area contributed by atoms with Gasteiger partial charge in [-0.2, -0.15) is 0 Å². The molecule has 1 aromatic rings. The average molecular weight is 161 g/mol. The molecular weight excluding hydrogens is 146 g/mol. The summed E-state index contributed by atoms with van der Waals surface area (Å²) in [6, 6.07) is 5.90. The SMILES string of the molecule is C=C(c1ccccn1)C(C)(C)C. The van der Waals surface area contributed by atoms with Crippen LogP contribution in [-0.2, 0) is 0 Å². The van der Waals surface area contributed by atoms with Crippen molar-refractivity contribution in [1.82, 2.24) is 4.98 Å². The predicted molar refractivity (Wildman–Crippen MR) is 52.7 cm³/mol. The average Bonchev–Trinajstić information content (AvgIpc) is 2.03. The highest BCUT2D eigenvalue weighted by Gasteiger charge is 2.16.